The maximum atomic E-state index is 9.14. The van der Waals surface area contributed by atoms with Gasteiger partial charge >= 0.3 is 0 Å². The maximum Gasteiger partial charge on any atom is 0.119 e. The predicted molar refractivity (Wildman–Crippen MR) is 196 cm³/mol. The molecule has 0 bridgehead atoms. The van der Waals surface area contributed by atoms with Gasteiger partial charge in [0, 0.05) is 34.1 Å². The van der Waals surface area contributed by atoms with Gasteiger partial charge in [0.1, 0.15) is 24.7 Å². The molecule has 0 aliphatic rings. The molecule has 0 aliphatic heterocycles. The number of aliphatic hydroxyl groups is 2. The molecule has 48 heavy (non-hydrogen) atoms. The van der Waals surface area contributed by atoms with Gasteiger partial charge in [-0.15, -0.1) is 0 Å². The van der Waals surface area contributed by atoms with E-state index >= 15 is 0 Å². The fourth-order valence-electron chi connectivity index (χ4n) is 5.60. The summed E-state index contributed by atoms with van der Waals surface area (Å²) >= 11 is 0. The van der Waals surface area contributed by atoms with Gasteiger partial charge in [-0.3, -0.25) is 0 Å². The zero-order valence-electron chi connectivity index (χ0n) is 27.3. The minimum Gasteiger partial charge on any atom is -0.491 e. The molecule has 0 heterocycles. The number of nitrogens with zero attached hydrogens (tertiary/aromatic N) is 2. The first kappa shape index (κ1) is 32.4. The first-order valence-corrected chi connectivity index (χ1v) is 16.1. The van der Waals surface area contributed by atoms with Crippen molar-refractivity contribution in [2.75, 3.05) is 36.2 Å². The van der Waals surface area contributed by atoms with Gasteiger partial charge in [-0.2, -0.15) is 0 Å². The average molecular weight is 637 g/mol. The Bertz CT molecular complexity index is 1770. The van der Waals surface area contributed by atoms with Gasteiger partial charge in [-0.05, 0) is 122 Å². The molecule has 0 fully saturated rings. The Morgan fingerprint density at radius 1 is 0.375 bits per heavy atom. The standard InChI is InChI=1S/C42H40N2O4/c1-31-3-11-35(12-4-31)43(36-13-5-32(2)6-14-36)37-15-7-33(8-16-37)34-9-17-38(18-10-34)44(39-19-23-41(24-20-39)47-29-27-45)40-21-25-42(26-22-40)48-30-28-46/h3-26,45-46H,27-30H2,1-2H3. The molecule has 242 valence electrons. The zero-order chi connectivity index (χ0) is 33.3. The van der Waals surface area contributed by atoms with Crippen molar-refractivity contribution in [2.45, 2.75) is 13.8 Å². The van der Waals surface area contributed by atoms with Crippen LogP contribution in [-0.4, -0.2) is 36.6 Å². The summed E-state index contributed by atoms with van der Waals surface area (Å²) in [6.45, 7) is 4.64. The number of rotatable bonds is 13. The average Bonchev–Trinajstić information content (AvgIpc) is 3.13. The topological polar surface area (TPSA) is 65.4 Å². The van der Waals surface area contributed by atoms with E-state index in [0.717, 1.165) is 45.3 Å². The zero-order valence-corrected chi connectivity index (χ0v) is 27.3. The monoisotopic (exact) mass is 636 g/mol. The summed E-state index contributed by atoms with van der Waals surface area (Å²) in [4.78, 5) is 4.45. The highest BCUT2D eigenvalue weighted by Crippen LogP contribution is 2.39. The van der Waals surface area contributed by atoms with Crippen LogP contribution in [0.5, 0.6) is 11.5 Å². The quantitative estimate of drug-likeness (QED) is 0.132. The van der Waals surface area contributed by atoms with Crippen molar-refractivity contribution < 1.29 is 19.7 Å². The molecule has 0 radical (unpaired) electrons. The molecular weight excluding hydrogens is 596 g/mol. The van der Waals surface area contributed by atoms with Crippen LogP contribution in [-0.2, 0) is 0 Å². The van der Waals surface area contributed by atoms with E-state index in [2.05, 4.69) is 121 Å². The highest BCUT2D eigenvalue weighted by Gasteiger charge is 2.15. The summed E-state index contributed by atoms with van der Waals surface area (Å²) in [5.74, 6) is 1.39. The first-order chi connectivity index (χ1) is 23.5. The lowest BCUT2D eigenvalue weighted by Gasteiger charge is -2.26. The van der Waals surface area contributed by atoms with Gasteiger partial charge < -0.3 is 29.5 Å². The largest absolute Gasteiger partial charge is 0.491 e. The van der Waals surface area contributed by atoms with Crippen LogP contribution in [0.1, 0.15) is 11.1 Å². The van der Waals surface area contributed by atoms with Crippen molar-refractivity contribution in [3.05, 3.63) is 157 Å². The number of aryl methyl sites for hydroxylation is 2. The van der Waals surface area contributed by atoms with Crippen molar-refractivity contribution in [1.29, 1.82) is 0 Å². The van der Waals surface area contributed by atoms with E-state index in [1.165, 1.54) is 11.1 Å². The molecule has 0 spiro atoms. The second kappa shape index (κ2) is 15.4. The highest BCUT2D eigenvalue weighted by atomic mass is 16.5. The third-order valence-corrected chi connectivity index (χ3v) is 8.08. The van der Waals surface area contributed by atoms with E-state index in [1.54, 1.807) is 0 Å². The van der Waals surface area contributed by atoms with Crippen molar-refractivity contribution in [2.24, 2.45) is 0 Å². The summed E-state index contributed by atoms with van der Waals surface area (Å²) in [5.41, 5.74) is 10.9. The molecule has 6 heteroatoms. The Balaban J connectivity index is 1.29. The molecule has 2 N–H and O–H groups in total. The molecule has 6 nitrogen and oxygen atoms in total. The van der Waals surface area contributed by atoms with Gasteiger partial charge in [-0.1, -0.05) is 59.7 Å². The molecule has 6 rings (SSSR count). The van der Waals surface area contributed by atoms with Crippen LogP contribution in [0.25, 0.3) is 11.1 Å². The number of benzene rings is 6. The molecule has 0 atom stereocenters. The van der Waals surface area contributed by atoms with E-state index in [4.69, 9.17) is 19.7 Å². The Morgan fingerprint density at radius 3 is 0.896 bits per heavy atom. The molecule has 0 aromatic heterocycles. The summed E-state index contributed by atoms with van der Waals surface area (Å²) in [6, 6.07) is 50.1. The highest BCUT2D eigenvalue weighted by molar-refractivity contribution is 5.81. The van der Waals surface area contributed by atoms with E-state index in [1.807, 2.05) is 48.5 Å². The number of ether oxygens (including phenoxy) is 2. The first-order valence-electron chi connectivity index (χ1n) is 16.1. The Labute approximate surface area is 282 Å². The fourth-order valence-corrected chi connectivity index (χ4v) is 5.60. The lowest BCUT2D eigenvalue weighted by molar-refractivity contribution is 0.201. The lowest BCUT2D eigenvalue weighted by Crippen LogP contribution is -2.10. The summed E-state index contributed by atoms with van der Waals surface area (Å²) < 4.78 is 11.2. The molecule has 6 aromatic rings. The number of aliphatic hydroxyl groups excluding tert-OH is 2. The molecule has 0 aliphatic carbocycles. The van der Waals surface area contributed by atoms with E-state index in [-0.39, 0.29) is 26.4 Å². The van der Waals surface area contributed by atoms with Crippen LogP contribution in [0.2, 0.25) is 0 Å². The molecule has 0 amide bonds. The lowest BCUT2D eigenvalue weighted by atomic mass is 10.0. The minimum absolute atomic E-state index is 0.0363. The van der Waals surface area contributed by atoms with Crippen molar-refractivity contribution in [1.82, 2.24) is 0 Å². The Hall–Kier alpha value is -5.56. The van der Waals surface area contributed by atoms with Gasteiger partial charge in [0.15, 0.2) is 0 Å². The van der Waals surface area contributed by atoms with E-state index in [9.17, 15) is 0 Å². The smallest absolute Gasteiger partial charge is 0.119 e. The van der Waals surface area contributed by atoms with Crippen LogP contribution >= 0.6 is 0 Å². The van der Waals surface area contributed by atoms with Crippen LogP contribution in [0.3, 0.4) is 0 Å². The predicted octanol–water partition coefficient (Wildman–Crippen LogP) is 9.65. The minimum atomic E-state index is -0.0363. The van der Waals surface area contributed by atoms with E-state index in [0.29, 0.717) is 11.5 Å². The van der Waals surface area contributed by atoms with Gasteiger partial charge in [0.25, 0.3) is 0 Å². The van der Waals surface area contributed by atoms with Gasteiger partial charge in [-0.25, -0.2) is 0 Å². The molecule has 0 saturated carbocycles. The van der Waals surface area contributed by atoms with Crippen LogP contribution < -0.4 is 19.3 Å². The van der Waals surface area contributed by atoms with Gasteiger partial charge in [0.05, 0.1) is 13.2 Å². The van der Waals surface area contributed by atoms with Crippen molar-refractivity contribution in [3.8, 4) is 22.6 Å². The van der Waals surface area contributed by atoms with Crippen LogP contribution in [0, 0.1) is 13.8 Å². The maximum absolute atomic E-state index is 9.14. The SMILES string of the molecule is Cc1ccc(N(c2ccc(C)cc2)c2ccc(-c3ccc(N(c4ccc(OCCO)cc4)c4ccc(OCCO)cc4)cc3)cc2)cc1. The number of hydrogen-bond acceptors (Lipinski definition) is 6. The van der Waals surface area contributed by atoms with E-state index < -0.39 is 0 Å². The second-order valence-electron chi connectivity index (χ2n) is 11.6. The Kier molecular flexibility index (Phi) is 10.4. The fraction of sp³-hybridized carbons (Fsp3) is 0.143. The van der Waals surface area contributed by atoms with Crippen LogP contribution in [0.15, 0.2) is 146 Å². The molecule has 0 saturated heterocycles. The third-order valence-electron chi connectivity index (χ3n) is 8.08. The molecule has 6 aromatic carbocycles. The summed E-state index contributed by atoms with van der Waals surface area (Å²) in [6.07, 6.45) is 0. The number of hydrogen-bond donors (Lipinski definition) is 2. The third kappa shape index (κ3) is 7.69. The molecular formula is C42H40N2O4. The van der Waals surface area contributed by atoms with Crippen LogP contribution in [0.4, 0.5) is 34.1 Å². The molecule has 0 unspecified atom stereocenters. The second-order valence-corrected chi connectivity index (χ2v) is 11.6. The normalized spacial score (nSPS) is 10.8. The van der Waals surface area contributed by atoms with Gasteiger partial charge in [0.2, 0.25) is 0 Å². The van der Waals surface area contributed by atoms with Crippen molar-refractivity contribution >= 4 is 34.1 Å². The Morgan fingerprint density at radius 2 is 0.625 bits per heavy atom. The van der Waals surface area contributed by atoms with Crippen molar-refractivity contribution in [3.63, 3.8) is 0 Å². The number of anilines is 6. The summed E-state index contributed by atoms with van der Waals surface area (Å²) in [7, 11) is 0. The summed E-state index contributed by atoms with van der Waals surface area (Å²) in [5, 5.41) is 18.3.